The third-order valence-corrected chi connectivity index (χ3v) is 4.35. The van der Waals surface area contributed by atoms with E-state index in [0.717, 1.165) is 19.4 Å². The topological polar surface area (TPSA) is 15.3 Å². The number of nitrogens with zero attached hydrogens (tertiary/aromatic N) is 1. The lowest BCUT2D eigenvalue weighted by molar-refractivity contribution is -0.148. The molecule has 1 heterocycles. The zero-order chi connectivity index (χ0) is 15.3. The Morgan fingerprint density at radius 3 is 1.95 bits per heavy atom. The maximum Gasteiger partial charge on any atom is 0.401 e. The second kappa shape index (κ2) is 7.64. The van der Waals surface area contributed by atoms with E-state index in [1.54, 1.807) is 0 Å². The molecule has 120 valence electrons. The number of hydrogen-bond acceptors (Lipinski definition) is 2. The van der Waals surface area contributed by atoms with Crippen molar-refractivity contribution in [3.05, 3.63) is 0 Å². The first kappa shape index (κ1) is 17.8. The fourth-order valence-electron chi connectivity index (χ4n) is 3.09. The molecule has 0 aromatic heterocycles. The van der Waals surface area contributed by atoms with Crippen molar-refractivity contribution in [2.45, 2.75) is 52.8 Å². The summed E-state index contributed by atoms with van der Waals surface area (Å²) >= 11 is 0. The Kier molecular flexibility index (Phi) is 6.79. The van der Waals surface area contributed by atoms with Gasteiger partial charge in [0.25, 0.3) is 0 Å². The van der Waals surface area contributed by atoms with Crippen molar-refractivity contribution in [1.29, 1.82) is 0 Å². The van der Waals surface area contributed by atoms with E-state index in [1.807, 2.05) is 0 Å². The molecule has 0 spiro atoms. The van der Waals surface area contributed by atoms with E-state index in [-0.39, 0.29) is 0 Å². The van der Waals surface area contributed by atoms with Gasteiger partial charge in [0.2, 0.25) is 0 Å². The molecule has 0 bridgehead atoms. The standard InChI is InChI=1S/C15H29F3N2/c1-11(2)14(12(3)4)9-19-13-5-7-20(8-6-13)10-15(16,17)18/h11-14,19H,5-10H2,1-4H3. The van der Waals surface area contributed by atoms with Gasteiger partial charge in [-0.15, -0.1) is 0 Å². The molecule has 1 aliphatic rings. The van der Waals surface area contributed by atoms with E-state index < -0.39 is 12.7 Å². The number of alkyl halides is 3. The fourth-order valence-corrected chi connectivity index (χ4v) is 3.09. The van der Waals surface area contributed by atoms with Crippen LogP contribution in [-0.4, -0.2) is 43.3 Å². The molecule has 2 nitrogen and oxygen atoms in total. The van der Waals surface area contributed by atoms with Crippen LogP contribution >= 0.6 is 0 Å². The average Bonchev–Trinajstić information content (AvgIpc) is 2.28. The number of nitrogens with one attached hydrogen (secondary N) is 1. The van der Waals surface area contributed by atoms with Crippen LogP contribution in [0, 0.1) is 17.8 Å². The summed E-state index contributed by atoms with van der Waals surface area (Å²) in [5.74, 6) is 1.89. The number of piperidine rings is 1. The first-order valence-corrected chi connectivity index (χ1v) is 7.71. The minimum Gasteiger partial charge on any atom is -0.314 e. The van der Waals surface area contributed by atoms with Crippen LogP contribution in [0.5, 0.6) is 0 Å². The molecular weight excluding hydrogens is 265 g/mol. The summed E-state index contributed by atoms with van der Waals surface area (Å²) in [6, 6.07) is 0.375. The second-order valence-electron chi connectivity index (χ2n) is 6.73. The summed E-state index contributed by atoms with van der Waals surface area (Å²) < 4.78 is 36.9. The van der Waals surface area contributed by atoms with Gasteiger partial charge in [0.15, 0.2) is 0 Å². The summed E-state index contributed by atoms with van der Waals surface area (Å²) in [5.41, 5.74) is 0. The highest BCUT2D eigenvalue weighted by atomic mass is 19.4. The molecule has 1 saturated heterocycles. The molecule has 0 aliphatic carbocycles. The fraction of sp³-hybridized carbons (Fsp3) is 1.00. The van der Waals surface area contributed by atoms with Gasteiger partial charge in [0.05, 0.1) is 6.54 Å². The molecule has 0 amide bonds. The van der Waals surface area contributed by atoms with E-state index in [4.69, 9.17) is 0 Å². The lowest BCUT2D eigenvalue weighted by Gasteiger charge is -2.34. The SMILES string of the molecule is CC(C)C(CNC1CCN(CC(F)(F)F)CC1)C(C)C. The number of hydrogen-bond donors (Lipinski definition) is 1. The van der Waals surface area contributed by atoms with Gasteiger partial charge in [0.1, 0.15) is 0 Å². The lowest BCUT2D eigenvalue weighted by Crippen LogP contribution is -2.47. The third-order valence-electron chi connectivity index (χ3n) is 4.35. The Morgan fingerprint density at radius 2 is 1.55 bits per heavy atom. The summed E-state index contributed by atoms with van der Waals surface area (Å²) in [5, 5.41) is 3.56. The van der Waals surface area contributed by atoms with E-state index in [9.17, 15) is 13.2 Å². The Bertz CT molecular complexity index is 261. The van der Waals surface area contributed by atoms with Crippen LogP contribution in [0.15, 0.2) is 0 Å². The van der Waals surface area contributed by atoms with Crippen LogP contribution in [0.1, 0.15) is 40.5 Å². The maximum absolute atomic E-state index is 12.3. The highest BCUT2D eigenvalue weighted by Gasteiger charge is 2.32. The third kappa shape index (κ3) is 6.44. The second-order valence-corrected chi connectivity index (χ2v) is 6.73. The molecule has 0 unspecified atom stereocenters. The predicted molar refractivity (Wildman–Crippen MR) is 76.7 cm³/mol. The van der Waals surface area contributed by atoms with Gasteiger partial charge in [0, 0.05) is 6.04 Å². The van der Waals surface area contributed by atoms with Crippen molar-refractivity contribution < 1.29 is 13.2 Å². The number of rotatable bonds is 6. The molecule has 20 heavy (non-hydrogen) atoms. The van der Waals surface area contributed by atoms with E-state index in [1.165, 1.54) is 4.90 Å². The van der Waals surface area contributed by atoms with Crippen molar-refractivity contribution in [2.24, 2.45) is 17.8 Å². The molecule has 0 atom stereocenters. The van der Waals surface area contributed by atoms with Crippen LogP contribution in [0.3, 0.4) is 0 Å². The molecule has 0 aromatic rings. The van der Waals surface area contributed by atoms with E-state index in [0.29, 0.717) is 36.9 Å². The number of halogens is 3. The van der Waals surface area contributed by atoms with Crippen LogP contribution in [-0.2, 0) is 0 Å². The van der Waals surface area contributed by atoms with Gasteiger partial charge < -0.3 is 5.32 Å². The normalized spacial score (nSPS) is 19.5. The molecule has 5 heteroatoms. The van der Waals surface area contributed by atoms with Crippen molar-refractivity contribution in [2.75, 3.05) is 26.2 Å². The monoisotopic (exact) mass is 294 g/mol. The summed E-state index contributed by atoms with van der Waals surface area (Å²) in [4.78, 5) is 1.51. The van der Waals surface area contributed by atoms with Gasteiger partial charge in [-0.25, -0.2) is 0 Å². The zero-order valence-electron chi connectivity index (χ0n) is 13.1. The average molecular weight is 294 g/mol. The minimum absolute atomic E-state index is 0.375. The molecule has 1 rings (SSSR count). The highest BCUT2D eigenvalue weighted by molar-refractivity contribution is 4.80. The summed E-state index contributed by atoms with van der Waals surface area (Å²) in [6.07, 6.45) is -2.43. The quantitative estimate of drug-likeness (QED) is 0.806. The van der Waals surface area contributed by atoms with Gasteiger partial charge in [-0.3, -0.25) is 4.90 Å². The minimum atomic E-state index is -4.07. The van der Waals surface area contributed by atoms with Crippen molar-refractivity contribution in [3.8, 4) is 0 Å². The highest BCUT2D eigenvalue weighted by Crippen LogP contribution is 2.22. The first-order chi connectivity index (χ1) is 9.19. The first-order valence-electron chi connectivity index (χ1n) is 7.71. The van der Waals surface area contributed by atoms with Crippen molar-refractivity contribution in [1.82, 2.24) is 10.2 Å². The van der Waals surface area contributed by atoms with Crippen LogP contribution in [0.4, 0.5) is 13.2 Å². The molecule has 1 N–H and O–H groups in total. The number of likely N-dealkylation sites (tertiary alicyclic amines) is 1. The van der Waals surface area contributed by atoms with E-state index in [2.05, 4.69) is 33.0 Å². The smallest absolute Gasteiger partial charge is 0.314 e. The maximum atomic E-state index is 12.3. The van der Waals surface area contributed by atoms with Gasteiger partial charge in [-0.1, -0.05) is 27.7 Å². The predicted octanol–water partition coefficient (Wildman–Crippen LogP) is 3.53. The molecule has 0 aromatic carbocycles. The van der Waals surface area contributed by atoms with Crippen LogP contribution < -0.4 is 5.32 Å². The Balaban J connectivity index is 2.29. The Labute approximate surface area is 121 Å². The Hall–Kier alpha value is -0.290. The van der Waals surface area contributed by atoms with Crippen molar-refractivity contribution in [3.63, 3.8) is 0 Å². The summed E-state index contributed by atoms with van der Waals surface area (Å²) in [7, 11) is 0. The van der Waals surface area contributed by atoms with Crippen molar-refractivity contribution >= 4 is 0 Å². The van der Waals surface area contributed by atoms with Crippen LogP contribution in [0.25, 0.3) is 0 Å². The van der Waals surface area contributed by atoms with Crippen LogP contribution in [0.2, 0.25) is 0 Å². The molecule has 0 radical (unpaired) electrons. The zero-order valence-corrected chi connectivity index (χ0v) is 13.1. The molecule has 1 fully saturated rings. The van der Waals surface area contributed by atoms with Gasteiger partial charge in [-0.05, 0) is 50.2 Å². The van der Waals surface area contributed by atoms with Gasteiger partial charge >= 0.3 is 6.18 Å². The summed E-state index contributed by atoms with van der Waals surface area (Å²) in [6.45, 7) is 10.2. The lowest BCUT2D eigenvalue weighted by atomic mass is 9.85. The Morgan fingerprint density at radius 1 is 1.05 bits per heavy atom. The largest absolute Gasteiger partial charge is 0.401 e. The molecular formula is C15H29F3N2. The van der Waals surface area contributed by atoms with Gasteiger partial charge in [-0.2, -0.15) is 13.2 Å². The molecule has 0 saturated carbocycles. The van der Waals surface area contributed by atoms with E-state index >= 15 is 0 Å². The molecule has 1 aliphatic heterocycles.